The van der Waals surface area contributed by atoms with Crippen molar-refractivity contribution >= 4 is 5.91 Å². The maximum atomic E-state index is 12.1. The van der Waals surface area contributed by atoms with Gasteiger partial charge in [0.25, 0.3) is 0 Å². The zero-order valence-corrected chi connectivity index (χ0v) is 12.8. The van der Waals surface area contributed by atoms with Crippen molar-refractivity contribution in [1.82, 2.24) is 15.5 Å². The summed E-state index contributed by atoms with van der Waals surface area (Å²) < 4.78 is 5.24. The Morgan fingerprint density at radius 2 is 2.05 bits per heavy atom. The van der Waals surface area contributed by atoms with Gasteiger partial charge in [0.2, 0.25) is 17.6 Å². The third kappa shape index (κ3) is 3.35. The summed E-state index contributed by atoms with van der Waals surface area (Å²) in [5, 5.41) is 6.91. The summed E-state index contributed by atoms with van der Waals surface area (Å²) in [6, 6.07) is 7.90. The summed E-state index contributed by atoms with van der Waals surface area (Å²) in [6.07, 6.45) is 5.52. The maximum absolute atomic E-state index is 12.1. The molecule has 1 saturated carbocycles. The lowest BCUT2D eigenvalue weighted by atomic mass is 9.89. The van der Waals surface area contributed by atoms with Gasteiger partial charge in [0, 0.05) is 11.5 Å². The summed E-state index contributed by atoms with van der Waals surface area (Å²) in [5.74, 6) is 1.27. The topological polar surface area (TPSA) is 68.0 Å². The number of aryl methyl sites for hydroxylation is 1. The minimum absolute atomic E-state index is 0.107. The Balaban J connectivity index is 1.60. The second-order valence-corrected chi connectivity index (χ2v) is 5.88. The fourth-order valence-corrected chi connectivity index (χ4v) is 2.93. The van der Waals surface area contributed by atoms with Crippen LogP contribution in [0.1, 0.15) is 43.6 Å². The monoisotopic (exact) mass is 299 g/mol. The van der Waals surface area contributed by atoms with Crippen LogP contribution in [0.4, 0.5) is 0 Å². The molecule has 0 bridgehead atoms. The zero-order chi connectivity index (χ0) is 15.4. The van der Waals surface area contributed by atoms with Gasteiger partial charge in [0.1, 0.15) is 0 Å². The minimum Gasteiger partial charge on any atom is -0.347 e. The molecule has 0 spiro atoms. The third-order valence-electron chi connectivity index (χ3n) is 4.24. The standard InChI is InChI=1S/C17H21N3O2/c1-12-7-5-6-10-14(12)16-19-15(22-20-16)11-18-17(21)13-8-3-2-4-9-13/h5-7,10,13H,2-4,8-9,11H2,1H3,(H,18,21). The molecule has 1 amide bonds. The van der Waals surface area contributed by atoms with Gasteiger partial charge in [0.05, 0.1) is 6.54 Å². The highest BCUT2D eigenvalue weighted by Crippen LogP contribution is 2.24. The molecule has 116 valence electrons. The van der Waals surface area contributed by atoms with Crippen LogP contribution < -0.4 is 5.32 Å². The number of rotatable bonds is 4. The SMILES string of the molecule is Cc1ccccc1-c1noc(CNC(=O)C2CCCCC2)n1. The molecule has 22 heavy (non-hydrogen) atoms. The second kappa shape index (κ2) is 6.73. The van der Waals surface area contributed by atoms with E-state index in [1.54, 1.807) is 0 Å². The van der Waals surface area contributed by atoms with E-state index in [0.29, 0.717) is 18.3 Å². The van der Waals surface area contributed by atoms with Crippen molar-refractivity contribution in [2.24, 2.45) is 5.92 Å². The van der Waals surface area contributed by atoms with E-state index in [1.807, 2.05) is 31.2 Å². The van der Waals surface area contributed by atoms with Gasteiger partial charge in [-0.3, -0.25) is 4.79 Å². The molecule has 5 heteroatoms. The zero-order valence-electron chi connectivity index (χ0n) is 12.8. The molecule has 0 radical (unpaired) electrons. The Kier molecular flexibility index (Phi) is 4.51. The van der Waals surface area contributed by atoms with Crippen LogP contribution in [0.25, 0.3) is 11.4 Å². The van der Waals surface area contributed by atoms with Crippen LogP contribution >= 0.6 is 0 Å². The van der Waals surface area contributed by atoms with E-state index < -0.39 is 0 Å². The number of nitrogens with zero attached hydrogens (tertiary/aromatic N) is 2. The van der Waals surface area contributed by atoms with E-state index >= 15 is 0 Å². The van der Waals surface area contributed by atoms with Crippen molar-refractivity contribution in [2.45, 2.75) is 45.6 Å². The highest BCUT2D eigenvalue weighted by molar-refractivity contribution is 5.78. The van der Waals surface area contributed by atoms with E-state index in [2.05, 4.69) is 15.5 Å². The summed E-state index contributed by atoms with van der Waals surface area (Å²) >= 11 is 0. The Bertz CT molecular complexity index is 645. The average molecular weight is 299 g/mol. The number of hydrogen-bond acceptors (Lipinski definition) is 4. The van der Waals surface area contributed by atoms with Gasteiger partial charge in [-0.15, -0.1) is 0 Å². The highest BCUT2D eigenvalue weighted by Gasteiger charge is 2.21. The first-order valence-electron chi connectivity index (χ1n) is 7.90. The fourth-order valence-electron chi connectivity index (χ4n) is 2.93. The van der Waals surface area contributed by atoms with Gasteiger partial charge in [-0.25, -0.2) is 0 Å². The van der Waals surface area contributed by atoms with E-state index in [-0.39, 0.29) is 11.8 Å². The number of carbonyl (C=O) groups is 1. The van der Waals surface area contributed by atoms with E-state index in [1.165, 1.54) is 6.42 Å². The minimum atomic E-state index is 0.107. The molecule has 1 aliphatic carbocycles. The summed E-state index contributed by atoms with van der Waals surface area (Å²) in [6.45, 7) is 2.31. The average Bonchev–Trinajstić information content (AvgIpc) is 3.02. The van der Waals surface area contributed by atoms with Crippen LogP contribution in [0, 0.1) is 12.8 Å². The summed E-state index contributed by atoms with van der Waals surface area (Å²) in [5.41, 5.74) is 2.05. The second-order valence-electron chi connectivity index (χ2n) is 5.88. The largest absolute Gasteiger partial charge is 0.347 e. The Morgan fingerprint density at radius 1 is 1.27 bits per heavy atom. The number of aromatic nitrogens is 2. The van der Waals surface area contributed by atoms with Crippen molar-refractivity contribution in [1.29, 1.82) is 0 Å². The molecule has 1 aromatic heterocycles. The van der Waals surface area contributed by atoms with Gasteiger partial charge >= 0.3 is 0 Å². The van der Waals surface area contributed by atoms with Crippen LogP contribution in [0.2, 0.25) is 0 Å². The molecule has 1 aromatic carbocycles. The first-order chi connectivity index (χ1) is 10.7. The van der Waals surface area contributed by atoms with Gasteiger partial charge in [-0.2, -0.15) is 4.98 Å². The predicted molar refractivity (Wildman–Crippen MR) is 82.9 cm³/mol. The quantitative estimate of drug-likeness (QED) is 0.941. The van der Waals surface area contributed by atoms with E-state index in [0.717, 1.165) is 36.8 Å². The summed E-state index contributed by atoms with van der Waals surface area (Å²) in [4.78, 5) is 16.5. The van der Waals surface area contributed by atoms with Crippen molar-refractivity contribution < 1.29 is 9.32 Å². The molecular weight excluding hydrogens is 278 g/mol. The van der Waals surface area contributed by atoms with Crippen molar-refractivity contribution in [3.05, 3.63) is 35.7 Å². The number of amides is 1. The molecule has 0 atom stereocenters. The van der Waals surface area contributed by atoms with Crippen molar-refractivity contribution in [3.63, 3.8) is 0 Å². The molecule has 0 aliphatic heterocycles. The van der Waals surface area contributed by atoms with Crippen LogP contribution in [-0.4, -0.2) is 16.0 Å². The molecule has 0 saturated heterocycles. The fraction of sp³-hybridized carbons (Fsp3) is 0.471. The van der Waals surface area contributed by atoms with Gasteiger partial charge in [0.15, 0.2) is 0 Å². The molecule has 3 rings (SSSR count). The number of hydrogen-bond donors (Lipinski definition) is 1. The Hall–Kier alpha value is -2.17. The van der Waals surface area contributed by atoms with Crippen LogP contribution in [-0.2, 0) is 11.3 Å². The van der Waals surface area contributed by atoms with Gasteiger partial charge < -0.3 is 9.84 Å². The first-order valence-corrected chi connectivity index (χ1v) is 7.90. The van der Waals surface area contributed by atoms with Gasteiger partial charge in [-0.05, 0) is 25.3 Å². The molecule has 5 nitrogen and oxygen atoms in total. The molecular formula is C17H21N3O2. The summed E-state index contributed by atoms with van der Waals surface area (Å²) in [7, 11) is 0. The predicted octanol–water partition coefficient (Wildman–Crippen LogP) is 3.24. The van der Waals surface area contributed by atoms with E-state index in [4.69, 9.17) is 4.52 Å². The van der Waals surface area contributed by atoms with Crippen LogP contribution in [0.3, 0.4) is 0 Å². The Labute approximate surface area is 130 Å². The van der Waals surface area contributed by atoms with Crippen molar-refractivity contribution in [2.75, 3.05) is 0 Å². The number of nitrogens with one attached hydrogen (secondary N) is 1. The molecule has 1 heterocycles. The third-order valence-corrected chi connectivity index (χ3v) is 4.24. The molecule has 2 aromatic rings. The molecule has 1 aliphatic rings. The number of carbonyl (C=O) groups excluding carboxylic acids is 1. The lowest BCUT2D eigenvalue weighted by Gasteiger charge is -2.20. The van der Waals surface area contributed by atoms with E-state index in [9.17, 15) is 4.79 Å². The maximum Gasteiger partial charge on any atom is 0.246 e. The van der Waals surface area contributed by atoms with Crippen LogP contribution in [0.5, 0.6) is 0 Å². The first kappa shape index (κ1) is 14.8. The van der Waals surface area contributed by atoms with Gasteiger partial charge in [-0.1, -0.05) is 48.7 Å². The lowest BCUT2D eigenvalue weighted by Crippen LogP contribution is -2.31. The lowest BCUT2D eigenvalue weighted by molar-refractivity contribution is -0.126. The normalized spacial score (nSPS) is 15.7. The Morgan fingerprint density at radius 3 is 2.82 bits per heavy atom. The molecule has 1 fully saturated rings. The molecule has 0 unspecified atom stereocenters. The number of benzene rings is 1. The smallest absolute Gasteiger partial charge is 0.246 e. The van der Waals surface area contributed by atoms with Crippen LogP contribution in [0.15, 0.2) is 28.8 Å². The van der Waals surface area contributed by atoms with Crippen molar-refractivity contribution in [3.8, 4) is 11.4 Å². The molecule has 1 N–H and O–H groups in total. The highest BCUT2D eigenvalue weighted by atomic mass is 16.5.